The Morgan fingerprint density at radius 3 is 2.52 bits per heavy atom. The first-order valence-electron chi connectivity index (χ1n) is 9.00. The van der Waals surface area contributed by atoms with E-state index in [1.165, 1.54) is 11.1 Å². The first-order valence-corrected chi connectivity index (χ1v) is 9.00. The average Bonchev–Trinajstić information content (AvgIpc) is 3.04. The lowest BCUT2D eigenvalue weighted by molar-refractivity contribution is -0.115. The first-order chi connectivity index (χ1) is 13.1. The van der Waals surface area contributed by atoms with Gasteiger partial charge in [0, 0.05) is 11.8 Å². The summed E-state index contributed by atoms with van der Waals surface area (Å²) in [6.07, 6.45) is 2.25. The Morgan fingerprint density at radius 2 is 1.74 bits per heavy atom. The highest BCUT2D eigenvalue weighted by Crippen LogP contribution is 2.28. The molecule has 4 nitrogen and oxygen atoms in total. The highest BCUT2D eigenvalue weighted by molar-refractivity contribution is 5.95. The number of aryl methyl sites for hydroxylation is 2. The van der Waals surface area contributed by atoms with Crippen molar-refractivity contribution in [3.8, 4) is 11.3 Å². The number of carbonyl (C=O) groups excluding carboxylic acids is 1. The van der Waals surface area contributed by atoms with Crippen molar-refractivity contribution in [3.63, 3.8) is 0 Å². The summed E-state index contributed by atoms with van der Waals surface area (Å²) < 4.78 is 1.92. The molecule has 0 radical (unpaired) electrons. The molecule has 2 aromatic carbocycles. The number of aromatic nitrogens is 2. The number of anilines is 1. The van der Waals surface area contributed by atoms with Gasteiger partial charge in [0.25, 0.3) is 0 Å². The third-order valence-corrected chi connectivity index (χ3v) is 4.77. The van der Waals surface area contributed by atoms with Gasteiger partial charge in [-0.25, -0.2) is 4.98 Å². The number of fused-ring (bicyclic) bond motifs is 1. The number of benzene rings is 2. The Bertz CT molecular complexity index is 1110. The van der Waals surface area contributed by atoms with Gasteiger partial charge in [-0.3, -0.25) is 9.20 Å². The summed E-state index contributed by atoms with van der Waals surface area (Å²) in [7, 11) is 0. The number of imidazole rings is 1. The fourth-order valence-electron chi connectivity index (χ4n) is 3.19. The second kappa shape index (κ2) is 7.08. The van der Waals surface area contributed by atoms with Crippen LogP contribution in [0.25, 0.3) is 16.9 Å². The van der Waals surface area contributed by atoms with E-state index in [9.17, 15) is 4.79 Å². The predicted molar refractivity (Wildman–Crippen MR) is 109 cm³/mol. The van der Waals surface area contributed by atoms with Gasteiger partial charge in [0.1, 0.15) is 17.2 Å². The lowest BCUT2D eigenvalue weighted by atomic mass is 10.0. The summed E-state index contributed by atoms with van der Waals surface area (Å²) in [4.78, 5) is 17.5. The molecule has 4 heteroatoms. The fourth-order valence-corrected chi connectivity index (χ4v) is 3.19. The van der Waals surface area contributed by atoms with Crippen LogP contribution in [0.1, 0.15) is 16.7 Å². The molecule has 0 unspecified atom stereocenters. The smallest absolute Gasteiger partial charge is 0.229 e. The quantitative estimate of drug-likeness (QED) is 0.571. The molecule has 0 aliphatic carbocycles. The maximum absolute atomic E-state index is 12.8. The number of carbonyl (C=O) groups is 1. The topological polar surface area (TPSA) is 46.4 Å². The van der Waals surface area contributed by atoms with E-state index in [1.807, 2.05) is 65.2 Å². The van der Waals surface area contributed by atoms with Gasteiger partial charge in [0.15, 0.2) is 0 Å². The third-order valence-electron chi connectivity index (χ3n) is 4.77. The second-order valence-electron chi connectivity index (χ2n) is 6.75. The molecule has 134 valence electrons. The predicted octanol–water partition coefficient (Wildman–Crippen LogP) is 4.80. The standard InChI is InChI=1S/C23H21N3O/c1-16-11-12-18(14-17(16)2)15-21(27)25-23-22(19-8-4-3-5-9-19)24-20-10-6-7-13-26(20)23/h3-14H,15H2,1-2H3,(H,25,27). The molecule has 0 saturated heterocycles. The highest BCUT2D eigenvalue weighted by atomic mass is 16.1. The first kappa shape index (κ1) is 17.0. The maximum atomic E-state index is 12.8. The van der Waals surface area contributed by atoms with Crippen molar-refractivity contribution in [3.05, 3.63) is 89.6 Å². The highest BCUT2D eigenvalue weighted by Gasteiger charge is 2.16. The zero-order chi connectivity index (χ0) is 18.8. The summed E-state index contributed by atoms with van der Waals surface area (Å²) in [6, 6.07) is 21.9. The lowest BCUT2D eigenvalue weighted by Gasteiger charge is -2.09. The number of hydrogen-bond acceptors (Lipinski definition) is 2. The Morgan fingerprint density at radius 1 is 0.963 bits per heavy atom. The van der Waals surface area contributed by atoms with E-state index in [0.29, 0.717) is 12.2 Å². The second-order valence-corrected chi connectivity index (χ2v) is 6.75. The average molecular weight is 355 g/mol. The number of rotatable bonds is 4. The molecule has 1 N–H and O–H groups in total. The minimum atomic E-state index is -0.0545. The van der Waals surface area contributed by atoms with Gasteiger partial charge < -0.3 is 5.32 Å². The van der Waals surface area contributed by atoms with Crippen LogP contribution < -0.4 is 5.32 Å². The molecule has 0 aliphatic rings. The summed E-state index contributed by atoms with van der Waals surface area (Å²) >= 11 is 0. The summed E-state index contributed by atoms with van der Waals surface area (Å²) in [5, 5.41) is 3.08. The minimum Gasteiger partial charge on any atom is -0.310 e. The largest absolute Gasteiger partial charge is 0.310 e. The van der Waals surface area contributed by atoms with Crippen LogP contribution in [0.15, 0.2) is 72.9 Å². The SMILES string of the molecule is Cc1ccc(CC(=O)Nc2c(-c3ccccc3)nc3ccccn23)cc1C. The van der Waals surface area contributed by atoms with Gasteiger partial charge in [-0.05, 0) is 42.7 Å². The number of hydrogen-bond donors (Lipinski definition) is 1. The third kappa shape index (κ3) is 3.47. The van der Waals surface area contributed by atoms with Crippen LogP contribution in [0.5, 0.6) is 0 Å². The molecule has 2 aromatic heterocycles. The van der Waals surface area contributed by atoms with Crippen LogP contribution in [0.4, 0.5) is 5.82 Å². The molecular weight excluding hydrogens is 334 g/mol. The van der Waals surface area contributed by atoms with Crippen LogP contribution in [-0.4, -0.2) is 15.3 Å². The normalized spacial score (nSPS) is 10.9. The Kier molecular flexibility index (Phi) is 4.47. The Balaban J connectivity index is 1.68. The van der Waals surface area contributed by atoms with Crippen molar-refractivity contribution >= 4 is 17.4 Å². The maximum Gasteiger partial charge on any atom is 0.229 e. The molecule has 0 aliphatic heterocycles. The molecular formula is C23H21N3O. The van der Waals surface area contributed by atoms with E-state index < -0.39 is 0 Å². The van der Waals surface area contributed by atoms with Crippen LogP contribution in [-0.2, 0) is 11.2 Å². The number of nitrogens with zero attached hydrogens (tertiary/aromatic N) is 2. The molecule has 0 atom stereocenters. The van der Waals surface area contributed by atoms with Gasteiger partial charge in [0.2, 0.25) is 5.91 Å². The van der Waals surface area contributed by atoms with Crippen molar-refractivity contribution in [1.29, 1.82) is 0 Å². The number of nitrogens with one attached hydrogen (secondary N) is 1. The molecule has 4 aromatic rings. The van der Waals surface area contributed by atoms with E-state index in [-0.39, 0.29) is 5.91 Å². The van der Waals surface area contributed by atoms with Crippen molar-refractivity contribution in [2.45, 2.75) is 20.3 Å². The van der Waals surface area contributed by atoms with Gasteiger partial charge in [-0.15, -0.1) is 0 Å². The molecule has 0 spiro atoms. The number of amides is 1. The molecule has 1 amide bonds. The van der Waals surface area contributed by atoms with Gasteiger partial charge >= 0.3 is 0 Å². The van der Waals surface area contributed by atoms with Gasteiger partial charge in [-0.1, -0.05) is 54.6 Å². The van der Waals surface area contributed by atoms with Crippen molar-refractivity contribution in [2.75, 3.05) is 5.32 Å². The van der Waals surface area contributed by atoms with Crippen molar-refractivity contribution in [1.82, 2.24) is 9.38 Å². The Hall–Kier alpha value is -3.40. The van der Waals surface area contributed by atoms with Gasteiger partial charge in [-0.2, -0.15) is 0 Å². The fraction of sp³-hybridized carbons (Fsp3) is 0.130. The summed E-state index contributed by atoms with van der Waals surface area (Å²) in [5.41, 5.74) is 5.98. The van der Waals surface area contributed by atoms with E-state index >= 15 is 0 Å². The Labute approximate surface area is 158 Å². The zero-order valence-electron chi connectivity index (χ0n) is 15.4. The number of pyridine rings is 1. The van der Waals surface area contributed by atoms with E-state index in [4.69, 9.17) is 4.98 Å². The minimum absolute atomic E-state index is 0.0545. The van der Waals surface area contributed by atoms with Gasteiger partial charge in [0.05, 0.1) is 6.42 Å². The molecule has 27 heavy (non-hydrogen) atoms. The van der Waals surface area contributed by atoms with Crippen molar-refractivity contribution < 1.29 is 4.79 Å². The molecule has 2 heterocycles. The van der Waals surface area contributed by atoms with Crippen molar-refractivity contribution in [2.24, 2.45) is 0 Å². The molecule has 0 saturated carbocycles. The lowest BCUT2D eigenvalue weighted by Crippen LogP contribution is -2.16. The van der Waals surface area contributed by atoms with E-state index in [0.717, 1.165) is 22.5 Å². The van der Waals surface area contributed by atoms with Crippen LogP contribution in [0.3, 0.4) is 0 Å². The molecule has 0 fully saturated rings. The van der Waals surface area contributed by atoms with E-state index in [2.05, 4.69) is 31.3 Å². The van der Waals surface area contributed by atoms with Crippen LogP contribution in [0, 0.1) is 13.8 Å². The monoisotopic (exact) mass is 355 g/mol. The summed E-state index contributed by atoms with van der Waals surface area (Å²) in [5.74, 6) is 0.645. The molecule has 4 rings (SSSR count). The summed E-state index contributed by atoms with van der Waals surface area (Å²) in [6.45, 7) is 4.14. The molecule has 0 bridgehead atoms. The van der Waals surface area contributed by atoms with E-state index in [1.54, 1.807) is 0 Å². The van der Waals surface area contributed by atoms with Crippen LogP contribution >= 0.6 is 0 Å². The zero-order valence-corrected chi connectivity index (χ0v) is 15.4. The van der Waals surface area contributed by atoms with Crippen LogP contribution in [0.2, 0.25) is 0 Å².